The summed E-state index contributed by atoms with van der Waals surface area (Å²) in [6.45, 7) is 2.56. The number of carbonyl (C=O) groups is 2. The number of nitrogens with zero attached hydrogens (tertiary/aromatic N) is 1. The van der Waals surface area contributed by atoms with Gasteiger partial charge in [0.15, 0.2) is 11.6 Å². The van der Waals surface area contributed by atoms with Crippen LogP contribution in [0.15, 0.2) is 23.3 Å². The molecule has 118 valence electrons. The summed E-state index contributed by atoms with van der Waals surface area (Å²) in [7, 11) is 0. The van der Waals surface area contributed by atoms with E-state index in [2.05, 4.69) is 15.8 Å². The van der Waals surface area contributed by atoms with Crippen LogP contribution >= 0.6 is 0 Å². The lowest BCUT2D eigenvalue weighted by Crippen LogP contribution is -2.37. The molecule has 2 N–H and O–H groups in total. The van der Waals surface area contributed by atoms with E-state index in [4.69, 9.17) is 4.74 Å². The fourth-order valence-corrected chi connectivity index (χ4v) is 2.03. The van der Waals surface area contributed by atoms with Gasteiger partial charge in [0, 0.05) is 19.4 Å². The minimum atomic E-state index is -0.412. The smallest absolute Gasteiger partial charge is 0.267 e. The molecule has 2 amide bonds. The number of nitrogens with one attached hydrogen (secondary N) is 2. The highest BCUT2D eigenvalue weighted by molar-refractivity contribution is 6.39. The third-order valence-corrected chi connectivity index (χ3v) is 3.16. The van der Waals surface area contributed by atoms with Crippen LogP contribution in [0.3, 0.4) is 0 Å². The fourth-order valence-electron chi connectivity index (χ4n) is 2.03. The van der Waals surface area contributed by atoms with Crippen LogP contribution in [0.2, 0.25) is 0 Å². The van der Waals surface area contributed by atoms with Crippen LogP contribution < -0.4 is 15.5 Å². The first-order valence-electron chi connectivity index (χ1n) is 7.15. The second kappa shape index (κ2) is 7.53. The van der Waals surface area contributed by atoms with Crippen molar-refractivity contribution in [3.63, 3.8) is 0 Å². The summed E-state index contributed by atoms with van der Waals surface area (Å²) in [5, 5.41) is 6.41. The van der Waals surface area contributed by atoms with E-state index >= 15 is 0 Å². The van der Waals surface area contributed by atoms with Crippen molar-refractivity contribution in [3.05, 3.63) is 29.6 Å². The fraction of sp³-hybridized carbons (Fsp3) is 0.400. The summed E-state index contributed by atoms with van der Waals surface area (Å²) in [5.74, 6) is -0.694. The van der Waals surface area contributed by atoms with Gasteiger partial charge in [-0.15, -0.1) is 0 Å². The van der Waals surface area contributed by atoms with Gasteiger partial charge in [0.2, 0.25) is 5.91 Å². The molecule has 0 saturated carbocycles. The van der Waals surface area contributed by atoms with Gasteiger partial charge in [0.1, 0.15) is 5.71 Å². The van der Waals surface area contributed by atoms with Gasteiger partial charge in [-0.2, -0.15) is 5.10 Å². The minimum absolute atomic E-state index is 0.193. The number of amides is 2. The Morgan fingerprint density at radius 2 is 2.27 bits per heavy atom. The number of benzene rings is 1. The average molecular weight is 307 g/mol. The van der Waals surface area contributed by atoms with Gasteiger partial charge in [-0.1, -0.05) is 6.07 Å². The van der Waals surface area contributed by atoms with E-state index < -0.39 is 5.82 Å². The van der Waals surface area contributed by atoms with Crippen molar-refractivity contribution in [3.8, 4) is 5.75 Å². The van der Waals surface area contributed by atoms with Crippen molar-refractivity contribution in [2.45, 2.75) is 26.2 Å². The highest BCUT2D eigenvalue weighted by atomic mass is 19.1. The van der Waals surface area contributed by atoms with E-state index in [-0.39, 0.29) is 24.0 Å². The molecule has 2 rings (SSSR count). The molecule has 0 radical (unpaired) electrons. The Hall–Kier alpha value is -2.44. The molecule has 0 fully saturated rings. The summed E-state index contributed by atoms with van der Waals surface area (Å²) in [6.07, 6.45) is 1.08. The maximum absolute atomic E-state index is 13.7. The lowest BCUT2D eigenvalue weighted by Gasteiger charge is -2.12. The molecule has 0 spiro atoms. The second-order valence-corrected chi connectivity index (χ2v) is 4.80. The van der Waals surface area contributed by atoms with Crippen molar-refractivity contribution in [2.24, 2.45) is 5.10 Å². The van der Waals surface area contributed by atoms with Gasteiger partial charge in [-0.25, -0.2) is 9.82 Å². The Morgan fingerprint density at radius 1 is 1.45 bits per heavy atom. The molecular weight excluding hydrogens is 289 g/mol. The number of halogens is 1. The second-order valence-electron chi connectivity index (χ2n) is 4.80. The molecule has 7 heteroatoms. The first-order valence-corrected chi connectivity index (χ1v) is 7.15. The Kier molecular flexibility index (Phi) is 5.46. The lowest BCUT2D eigenvalue weighted by molar-refractivity contribution is -0.121. The average Bonchev–Trinajstić information content (AvgIpc) is 2.50. The Morgan fingerprint density at radius 3 is 2.91 bits per heavy atom. The number of ether oxygens (including phenoxy) is 1. The van der Waals surface area contributed by atoms with Gasteiger partial charge in [0.25, 0.3) is 5.91 Å². The molecule has 1 heterocycles. The number of hydrogen-bond acceptors (Lipinski definition) is 4. The standard InChI is InChI=1S/C15H18FN3O3/c1-2-22-13-5-3-10(9-11(13)16)7-8-17-15(21)12-4-6-14(20)19-18-12/h3,5,9H,2,4,6-8H2,1H3,(H,17,21)(H,19,20). The number of hydrazone groups is 1. The van der Waals surface area contributed by atoms with Gasteiger partial charge < -0.3 is 10.1 Å². The molecule has 22 heavy (non-hydrogen) atoms. The SMILES string of the molecule is CCOc1ccc(CCNC(=O)C2=NNC(=O)CC2)cc1F. The van der Waals surface area contributed by atoms with Gasteiger partial charge in [-0.05, 0) is 31.0 Å². The van der Waals surface area contributed by atoms with E-state index in [1.54, 1.807) is 19.1 Å². The Balaban J connectivity index is 1.82. The van der Waals surface area contributed by atoms with Crippen molar-refractivity contribution >= 4 is 17.5 Å². The Labute approximate surface area is 127 Å². The molecule has 1 aliphatic rings. The molecule has 0 atom stereocenters. The summed E-state index contributed by atoms with van der Waals surface area (Å²) < 4.78 is 18.8. The molecule has 6 nitrogen and oxygen atoms in total. The minimum Gasteiger partial charge on any atom is -0.491 e. The van der Waals surface area contributed by atoms with Gasteiger partial charge in [-0.3, -0.25) is 9.59 Å². The molecule has 1 aromatic rings. The summed E-state index contributed by atoms with van der Waals surface area (Å²) in [6, 6.07) is 4.74. The molecule has 1 aromatic carbocycles. The Bertz CT molecular complexity index is 602. The molecule has 0 aliphatic carbocycles. The number of hydrogen-bond donors (Lipinski definition) is 2. The normalized spacial score (nSPS) is 14.1. The highest BCUT2D eigenvalue weighted by Gasteiger charge is 2.17. The molecule has 0 saturated heterocycles. The predicted octanol–water partition coefficient (Wildman–Crippen LogP) is 1.15. The van der Waals surface area contributed by atoms with Gasteiger partial charge >= 0.3 is 0 Å². The van der Waals surface area contributed by atoms with Crippen molar-refractivity contribution in [2.75, 3.05) is 13.2 Å². The van der Waals surface area contributed by atoms with E-state index in [0.717, 1.165) is 5.56 Å². The van der Waals surface area contributed by atoms with E-state index in [1.807, 2.05) is 0 Å². The zero-order valence-electron chi connectivity index (χ0n) is 12.3. The van der Waals surface area contributed by atoms with Crippen LogP contribution in [-0.2, 0) is 16.0 Å². The first-order chi connectivity index (χ1) is 10.6. The predicted molar refractivity (Wildman–Crippen MR) is 79.1 cm³/mol. The summed E-state index contributed by atoms with van der Waals surface area (Å²) >= 11 is 0. The van der Waals surface area contributed by atoms with Crippen LogP contribution in [0.1, 0.15) is 25.3 Å². The van der Waals surface area contributed by atoms with Crippen molar-refractivity contribution < 1.29 is 18.7 Å². The van der Waals surface area contributed by atoms with Crippen molar-refractivity contribution in [1.29, 1.82) is 0 Å². The quantitative estimate of drug-likeness (QED) is 0.827. The van der Waals surface area contributed by atoms with Crippen LogP contribution in [0.25, 0.3) is 0 Å². The summed E-state index contributed by atoms with van der Waals surface area (Å²) in [4.78, 5) is 22.8. The lowest BCUT2D eigenvalue weighted by atomic mass is 10.1. The largest absolute Gasteiger partial charge is 0.491 e. The van der Waals surface area contributed by atoms with Crippen molar-refractivity contribution in [1.82, 2.24) is 10.7 Å². The topological polar surface area (TPSA) is 79.8 Å². The molecule has 0 unspecified atom stereocenters. The van der Waals surface area contributed by atoms with E-state index in [1.165, 1.54) is 6.07 Å². The number of rotatable bonds is 6. The van der Waals surface area contributed by atoms with Gasteiger partial charge in [0.05, 0.1) is 6.61 Å². The zero-order valence-corrected chi connectivity index (χ0v) is 12.3. The molecular formula is C15H18FN3O3. The highest BCUT2D eigenvalue weighted by Crippen LogP contribution is 2.18. The van der Waals surface area contributed by atoms with Crippen LogP contribution in [-0.4, -0.2) is 30.7 Å². The molecule has 0 aromatic heterocycles. The number of carbonyl (C=O) groups excluding carboxylic acids is 2. The molecule has 1 aliphatic heterocycles. The van der Waals surface area contributed by atoms with E-state index in [9.17, 15) is 14.0 Å². The summed E-state index contributed by atoms with van der Waals surface area (Å²) in [5.41, 5.74) is 3.34. The zero-order chi connectivity index (χ0) is 15.9. The van der Waals surface area contributed by atoms with Crippen LogP contribution in [0.5, 0.6) is 5.75 Å². The van der Waals surface area contributed by atoms with E-state index in [0.29, 0.717) is 31.7 Å². The molecule has 0 bridgehead atoms. The first kappa shape index (κ1) is 15.9. The van der Waals surface area contributed by atoms with Crippen LogP contribution in [0.4, 0.5) is 4.39 Å². The maximum atomic E-state index is 13.7. The maximum Gasteiger partial charge on any atom is 0.267 e. The monoisotopic (exact) mass is 307 g/mol. The third kappa shape index (κ3) is 4.28. The van der Waals surface area contributed by atoms with Crippen LogP contribution in [0, 0.1) is 5.82 Å². The third-order valence-electron chi connectivity index (χ3n) is 3.16.